The van der Waals surface area contributed by atoms with Gasteiger partial charge in [0.15, 0.2) is 0 Å². The predicted molar refractivity (Wildman–Crippen MR) is 111 cm³/mol. The summed E-state index contributed by atoms with van der Waals surface area (Å²) < 4.78 is 10.6. The summed E-state index contributed by atoms with van der Waals surface area (Å²) in [5.41, 5.74) is 1.73. The van der Waals surface area contributed by atoms with E-state index >= 15 is 0 Å². The Morgan fingerprint density at radius 2 is 1.55 bits per heavy atom. The zero-order valence-electron chi connectivity index (χ0n) is 16.5. The number of carbonyl (C=O) groups is 2. The maximum absolute atomic E-state index is 12.5. The van der Waals surface area contributed by atoms with Crippen LogP contribution < -0.4 is 5.32 Å². The Bertz CT molecular complexity index is 803. The van der Waals surface area contributed by atoms with E-state index in [1.165, 1.54) is 0 Å². The first-order valence-electron chi connectivity index (χ1n) is 9.38. The number of amides is 1. The first-order valence-corrected chi connectivity index (χ1v) is 9.38. The molecule has 0 aliphatic carbocycles. The van der Waals surface area contributed by atoms with Crippen molar-refractivity contribution >= 4 is 12.1 Å². The Kier molecular flexibility index (Phi) is 9.26. The van der Waals surface area contributed by atoms with Crippen molar-refractivity contribution in [2.75, 3.05) is 20.1 Å². The Labute approximate surface area is 171 Å². The van der Waals surface area contributed by atoms with Gasteiger partial charge in [0.05, 0.1) is 6.54 Å². The highest BCUT2D eigenvalue weighted by molar-refractivity contribution is 5.81. The fraction of sp³-hybridized carbons (Fsp3) is 0.304. The molecule has 2 aromatic rings. The second-order valence-corrected chi connectivity index (χ2v) is 6.58. The molecule has 0 unspecified atom stereocenters. The summed E-state index contributed by atoms with van der Waals surface area (Å²) >= 11 is 0. The average molecular weight is 394 g/mol. The summed E-state index contributed by atoms with van der Waals surface area (Å²) in [6, 6.07) is 17.8. The molecule has 0 radical (unpaired) electrons. The fourth-order valence-electron chi connectivity index (χ4n) is 2.57. The number of carbonyl (C=O) groups excluding carboxylic acids is 2. The monoisotopic (exact) mass is 394 g/mol. The second kappa shape index (κ2) is 12.2. The lowest BCUT2D eigenvalue weighted by atomic mass is 10.2. The van der Waals surface area contributed by atoms with Crippen LogP contribution in [0.25, 0.3) is 0 Å². The molecule has 0 aliphatic heterocycles. The number of nitrogens with zero attached hydrogens (tertiary/aromatic N) is 1. The van der Waals surface area contributed by atoms with Crippen LogP contribution in [0, 0.1) is 12.3 Å². The van der Waals surface area contributed by atoms with E-state index in [1.54, 1.807) is 0 Å². The number of benzene rings is 2. The number of ether oxygens (including phenoxy) is 2. The van der Waals surface area contributed by atoms with Gasteiger partial charge in [-0.25, -0.2) is 9.59 Å². The standard InChI is InChI=1S/C23H26N2O4/c1-3-15-25(2)16-14-21(22(26)28-17-19-10-6-4-7-11-19)24-23(27)29-18-20-12-8-5-9-13-20/h1,4-13,21H,14-18H2,2H3,(H,24,27)/t21-/m1/s1. The summed E-state index contributed by atoms with van der Waals surface area (Å²) in [7, 11) is 1.85. The Morgan fingerprint density at radius 1 is 1.00 bits per heavy atom. The molecule has 2 aromatic carbocycles. The number of hydrogen-bond donors (Lipinski definition) is 1. The van der Waals surface area contributed by atoms with Crippen molar-refractivity contribution in [1.29, 1.82) is 0 Å². The second-order valence-electron chi connectivity index (χ2n) is 6.58. The van der Waals surface area contributed by atoms with Gasteiger partial charge in [0, 0.05) is 6.54 Å². The van der Waals surface area contributed by atoms with Crippen molar-refractivity contribution in [1.82, 2.24) is 10.2 Å². The van der Waals surface area contributed by atoms with Crippen LogP contribution in [0.3, 0.4) is 0 Å². The zero-order chi connectivity index (χ0) is 20.9. The molecule has 0 bridgehead atoms. The molecule has 0 aliphatic rings. The summed E-state index contributed by atoms with van der Waals surface area (Å²) in [6.45, 7) is 1.23. The molecule has 2 rings (SSSR count). The van der Waals surface area contributed by atoms with Crippen LogP contribution in [-0.4, -0.2) is 43.1 Å². The minimum atomic E-state index is -0.831. The Morgan fingerprint density at radius 3 is 2.10 bits per heavy atom. The van der Waals surface area contributed by atoms with Gasteiger partial charge in [-0.15, -0.1) is 6.42 Å². The average Bonchev–Trinajstić information content (AvgIpc) is 2.75. The van der Waals surface area contributed by atoms with Gasteiger partial charge >= 0.3 is 12.1 Å². The number of hydrogen-bond acceptors (Lipinski definition) is 5. The minimum Gasteiger partial charge on any atom is -0.459 e. The highest BCUT2D eigenvalue weighted by Gasteiger charge is 2.23. The lowest BCUT2D eigenvalue weighted by Crippen LogP contribution is -2.44. The smallest absolute Gasteiger partial charge is 0.408 e. The van der Waals surface area contributed by atoms with Crippen molar-refractivity contribution in [3.05, 3.63) is 71.8 Å². The van der Waals surface area contributed by atoms with Gasteiger partial charge in [-0.05, 0) is 24.6 Å². The molecule has 1 atom stereocenters. The minimum absolute atomic E-state index is 0.120. The van der Waals surface area contributed by atoms with E-state index in [0.29, 0.717) is 19.5 Å². The topological polar surface area (TPSA) is 67.9 Å². The first-order chi connectivity index (χ1) is 14.1. The van der Waals surface area contributed by atoms with Gasteiger partial charge in [0.25, 0.3) is 0 Å². The van der Waals surface area contributed by atoms with Gasteiger partial charge in [0.1, 0.15) is 19.3 Å². The van der Waals surface area contributed by atoms with E-state index in [4.69, 9.17) is 15.9 Å². The highest BCUT2D eigenvalue weighted by Crippen LogP contribution is 2.06. The number of terminal acetylenes is 1. The zero-order valence-corrected chi connectivity index (χ0v) is 16.5. The van der Waals surface area contributed by atoms with Gasteiger partial charge in [0.2, 0.25) is 0 Å². The summed E-state index contributed by atoms with van der Waals surface area (Å²) in [6.07, 6.45) is 4.99. The van der Waals surface area contributed by atoms with Gasteiger partial charge in [-0.2, -0.15) is 0 Å². The van der Waals surface area contributed by atoms with Crippen LogP contribution in [0.1, 0.15) is 17.5 Å². The molecular formula is C23H26N2O4. The molecule has 0 heterocycles. The number of esters is 1. The normalized spacial score (nSPS) is 11.3. The van der Waals surface area contributed by atoms with E-state index in [2.05, 4.69) is 11.2 Å². The van der Waals surface area contributed by atoms with Crippen molar-refractivity contribution < 1.29 is 19.1 Å². The molecule has 152 valence electrons. The molecule has 0 aromatic heterocycles. The molecule has 0 fully saturated rings. The molecule has 0 saturated heterocycles. The highest BCUT2D eigenvalue weighted by atomic mass is 16.6. The molecule has 1 amide bonds. The quantitative estimate of drug-likeness (QED) is 0.496. The van der Waals surface area contributed by atoms with Crippen molar-refractivity contribution in [3.8, 4) is 12.3 Å². The SMILES string of the molecule is C#CCN(C)CC[C@@H](NC(=O)OCc1ccccc1)C(=O)OCc1ccccc1. The number of nitrogens with one attached hydrogen (secondary N) is 1. The third-order valence-corrected chi connectivity index (χ3v) is 4.17. The van der Waals surface area contributed by atoms with E-state index in [-0.39, 0.29) is 13.2 Å². The van der Waals surface area contributed by atoms with Crippen molar-refractivity contribution in [2.45, 2.75) is 25.7 Å². The predicted octanol–water partition coefficient (Wildman–Crippen LogP) is 2.98. The maximum atomic E-state index is 12.5. The Balaban J connectivity index is 1.90. The van der Waals surface area contributed by atoms with Crippen LogP contribution >= 0.6 is 0 Å². The molecule has 6 nitrogen and oxygen atoms in total. The van der Waals surface area contributed by atoms with Crippen LogP contribution in [-0.2, 0) is 27.5 Å². The third kappa shape index (κ3) is 8.50. The van der Waals surface area contributed by atoms with Crippen molar-refractivity contribution in [3.63, 3.8) is 0 Å². The van der Waals surface area contributed by atoms with Crippen LogP contribution in [0.5, 0.6) is 0 Å². The molecule has 6 heteroatoms. The number of rotatable bonds is 10. The van der Waals surface area contributed by atoms with Gasteiger partial charge < -0.3 is 14.8 Å². The van der Waals surface area contributed by atoms with Crippen LogP contribution in [0.2, 0.25) is 0 Å². The van der Waals surface area contributed by atoms with E-state index < -0.39 is 18.1 Å². The number of alkyl carbamates (subject to hydrolysis) is 1. The molecular weight excluding hydrogens is 368 g/mol. The maximum Gasteiger partial charge on any atom is 0.408 e. The summed E-state index contributed by atoms with van der Waals surface area (Å²) in [5, 5.41) is 2.61. The van der Waals surface area contributed by atoms with Crippen LogP contribution in [0.4, 0.5) is 4.79 Å². The first kappa shape index (κ1) is 22.0. The van der Waals surface area contributed by atoms with E-state index in [9.17, 15) is 9.59 Å². The molecule has 0 spiro atoms. The fourth-order valence-corrected chi connectivity index (χ4v) is 2.57. The summed E-state index contributed by atoms with van der Waals surface area (Å²) in [4.78, 5) is 26.6. The van der Waals surface area contributed by atoms with E-state index in [0.717, 1.165) is 11.1 Å². The van der Waals surface area contributed by atoms with Gasteiger partial charge in [-0.3, -0.25) is 4.90 Å². The summed E-state index contributed by atoms with van der Waals surface area (Å²) in [5.74, 6) is 2.03. The van der Waals surface area contributed by atoms with Gasteiger partial charge in [-0.1, -0.05) is 66.6 Å². The largest absolute Gasteiger partial charge is 0.459 e. The third-order valence-electron chi connectivity index (χ3n) is 4.17. The molecule has 1 N–H and O–H groups in total. The Hall–Kier alpha value is -3.30. The molecule has 0 saturated carbocycles. The lowest BCUT2D eigenvalue weighted by molar-refractivity contribution is -0.147. The molecule has 29 heavy (non-hydrogen) atoms. The van der Waals surface area contributed by atoms with Crippen LogP contribution in [0.15, 0.2) is 60.7 Å². The van der Waals surface area contributed by atoms with Crippen molar-refractivity contribution in [2.24, 2.45) is 0 Å². The lowest BCUT2D eigenvalue weighted by Gasteiger charge is -2.20. The van der Waals surface area contributed by atoms with E-state index in [1.807, 2.05) is 72.6 Å².